The molecule has 0 aliphatic carbocycles. The van der Waals surface area contributed by atoms with Crippen molar-refractivity contribution in [1.29, 1.82) is 0 Å². The highest BCUT2D eigenvalue weighted by Crippen LogP contribution is 2.36. The van der Waals surface area contributed by atoms with Crippen LogP contribution in [0.4, 0.5) is 18.9 Å². The van der Waals surface area contributed by atoms with E-state index in [9.17, 15) is 26.4 Å². The molecular formula is C10H8F3NO3S. The van der Waals surface area contributed by atoms with Gasteiger partial charge in [0, 0.05) is 0 Å². The Hall–Kier alpha value is -1.57. The molecule has 0 fully saturated rings. The Morgan fingerprint density at radius 1 is 1.28 bits per heavy atom. The third-order valence-corrected chi connectivity index (χ3v) is 4.39. The normalized spacial score (nSPS) is 22.2. The van der Waals surface area contributed by atoms with Crippen molar-refractivity contribution in [3.63, 3.8) is 0 Å². The van der Waals surface area contributed by atoms with Crippen molar-refractivity contribution in [1.82, 2.24) is 0 Å². The Labute approximate surface area is 101 Å². The Balaban J connectivity index is 2.68. The number of anilines is 1. The molecule has 0 radical (unpaired) electrons. The number of carbonyl (C=O) groups excluding carboxylic acids is 1. The summed E-state index contributed by atoms with van der Waals surface area (Å²) in [4.78, 5) is 10.8. The number of hydrogen-bond donors (Lipinski definition) is 1. The highest BCUT2D eigenvalue weighted by Gasteiger charge is 2.39. The molecule has 1 aromatic carbocycles. The predicted molar refractivity (Wildman–Crippen MR) is 56.7 cm³/mol. The molecule has 0 aromatic heterocycles. The lowest BCUT2D eigenvalue weighted by Gasteiger charge is -2.23. The molecule has 0 amide bonds. The van der Waals surface area contributed by atoms with Crippen LogP contribution in [-0.2, 0) is 20.8 Å². The number of alkyl halides is 3. The van der Waals surface area contributed by atoms with Crippen molar-refractivity contribution >= 4 is 20.6 Å². The van der Waals surface area contributed by atoms with Gasteiger partial charge in [0.05, 0.1) is 22.2 Å². The summed E-state index contributed by atoms with van der Waals surface area (Å²) in [6.45, 7) is 1.33. The molecule has 2 rings (SSSR count). The van der Waals surface area contributed by atoms with E-state index < -0.39 is 37.6 Å². The summed E-state index contributed by atoms with van der Waals surface area (Å²) in [5, 5.41) is 1.42. The maximum Gasteiger partial charge on any atom is 0.416 e. The average Bonchev–Trinajstić information content (AvgIpc) is 2.25. The second-order valence-corrected chi connectivity index (χ2v) is 5.75. The fourth-order valence-corrected chi connectivity index (χ4v) is 3.11. The number of rotatable bonds is 0. The van der Waals surface area contributed by atoms with Crippen LogP contribution in [0.2, 0.25) is 0 Å². The zero-order chi connectivity index (χ0) is 13.7. The molecule has 0 bridgehead atoms. The van der Waals surface area contributed by atoms with Crippen LogP contribution in [0.5, 0.6) is 0 Å². The highest BCUT2D eigenvalue weighted by molar-refractivity contribution is 8.06. The molecule has 1 unspecified atom stereocenters. The smallest absolute Gasteiger partial charge is 0.373 e. The molecule has 98 valence electrons. The second-order valence-electron chi connectivity index (χ2n) is 3.90. The summed E-state index contributed by atoms with van der Waals surface area (Å²) in [6, 6.07) is 1.28. The average molecular weight is 279 g/mol. The molecule has 1 heterocycles. The third-order valence-electron chi connectivity index (χ3n) is 2.59. The van der Waals surface area contributed by atoms with Crippen LogP contribution in [0.3, 0.4) is 0 Å². The van der Waals surface area contributed by atoms with Gasteiger partial charge in [0.1, 0.15) is 0 Å². The predicted octanol–water partition coefficient (Wildman–Crippen LogP) is 1.82. The minimum atomic E-state index is -4.66. The Morgan fingerprint density at radius 2 is 1.89 bits per heavy atom. The summed E-state index contributed by atoms with van der Waals surface area (Å²) in [7, 11) is -4.35. The van der Waals surface area contributed by atoms with Crippen molar-refractivity contribution < 1.29 is 26.4 Å². The third kappa shape index (κ3) is 1.86. The van der Waals surface area contributed by atoms with Crippen LogP contribution in [0, 0.1) is 0 Å². The maximum absolute atomic E-state index is 12.5. The van der Waals surface area contributed by atoms with E-state index in [1.54, 1.807) is 0 Å². The van der Waals surface area contributed by atoms with Gasteiger partial charge in [0.15, 0.2) is 0 Å². The van der Waals surface area contributed by atoms with Gasteiger partial charge in [-0.3, -0.25) is 4.79 Å². The van der Waals surface area contributed by atoms with Gasteiger partial charge in [-0.1, -0.05) is 0 Å². The van der Waals surface area contributed by atoms with Crippen molar-refractivity contribution in [2.75, 3.05) is 5.32 Å². The van der Waals surface area contributed by atoms with Crippen molar-refractivity contribution in [2.45, 2.75) is 24.0 Å². The van der Waals surface area contributed by atoms with Gasteiger partial charge in [-0.2, -0.15) is 13.2 Å². The van der Waals surface area contributed by atoms with Crippen LogP contribution in [-0.4, -0.2) is 19.6 Å². The first-order valence-electron chi connectivity index (χ1n) is 4.91. The monoisotopic (exact) mass is 279 g/mol. The van der Waals surface area contributed by atoms with Gasteiger partial charge in [-0.05, 0) is 25.1 Å². The van der Waals surface area contributed by atoms with Gasteiger partial charge < -0.3 is 5.32 Å². The van der Waals surface area contributed by atoms with E-state index in [0.29, 0.717) is 6.07 Å². The molecule has 8 heteroatoms. The lowest BCUT2D eigenvalue weighted by molar-refractivity contribution is -0.137. The Bertz CT molecular complexity index is 622. The van der Waals surface area contributed by atoms with Crippen LogP contribution < -0.4 is 5.32 Å². The first-order chi connectivity index (χ1) is 8.14. The fraction of sp³-hybridized carbons (Fsp3) is 0.300. The van der Waals surface area contributed by atoms with Crippen molar-refractivity contribution in [3.8, 4) is 0 Å². The minimum absolute atomic E-state index is 0.00935. The SMILES string of the molecule is CC1Nc2ccc(C(F)(F)F)cc2S(=O)(=O)C1=O. The van der Waals surface area contributed by atoms with Crippen LogP contribution in [0.25, 0.3) is 0 Å². The van der Waals surface area contributed by atoms with Gasteiger partial charge in [0.2, 0.25) is 9.84 Å². The molecule has 1 aliphatic heterocycles. The van der Waals surface area contributed by atoms with E-state index in [0.717, 1.165) is 12.1 Å². The van der Waals surface area contributed by atoms with E-state index in [-0.39, 0.29) is 5.69 Å². The topological polar surface area (TPSA) is 63.2 Å². The number of fused-ring (bicyclic) bond motifs is 1. The summed E-state index contributed by atoms with van der Waals surface area (Å²) < 4.78 is 60.9. The van der Waals surface area contributed by atoms with Crippen LogP contribution >= 0.6 is 0 Å². The van der Waals surface area contributed by atoms with E-state index in [2.05, 4.69) is 5.32 Å². The lowest BCUT2D eigenvalue weighted by atomic mass is 10.2. The van der Waals surface area contributed by atoms with E-state index in [1.807, 2.05) is 0 Å². The van der Waals surface area contributed by atoms with Gasteiger partial charge >= 0.3 is 6.18 Å². The summed E-state index contributed by atoms with van der Waals surface area (Å²) in [5.41, 5.74) is -1.09. The molecule has 0 saturated heterocycles. The summed E-state index contributed by atoms with van der Waals surface area (Å²) >= 11 is 0. The molecule has 1 N–H and O–H groups in total. The summed E-state index contributed by atoms with van der Waals surface area (Å²) in [5.74, 6) is 0. The number of nitrogens with one attached hydrogen (secondary N) is 1. The number of benzene rings is 1. The fourth-order valence-electron chi connectivity index (χ4n) is 1.67. The standard InChI is InChI=1S/C10H8F3NO3S/c1-5-9(15)18(16,17)8-4-6(10(11,12)13)2-3-7(8)14-5/h2-5,14H,1H3. The van der Waals surface area contributed by atoms with E-state index in [1.165, 1.54) is 6.92 Å². The molecule has 0 saturated carbocycles. The largest absolute Gasteiger partial charge is 0.416 e. The Kier molecular flexibility index (Phi) is 2.65. The van der Waals surface area contributed by atoms with Crippen molar-refractivity contribution in [3.05, 3.63) is 23.8 Å². The summed E-state index contributed by atoms with van der Waals surface area (Å²) in [6.07, 6.45) is -4.66. The molecule has 1 atom stereocenters. The van der Waals surface area contributed by atoms with Crippen LogP contribution in [0.15, 0.2) is 23.1 Å². The highest BCUT2D eigenvalue weighted by atomic mass is 32.2. The molecular weight excluding hydrogens is 271 g/mol. The zero-order valence-electron chi connectivity index (χ0n) is 9.08. The molecule has 1 aromatic rings. The van der Waals surface area contributed by atoms with Gasteiger partial charge in [0.25, 0.3) is 5.12 Å². The zero-order valence-corrected chi connectivity index (χ0v) is 9.89. The van der Waals surface area contributed by atoms with E-state index in [4.69, 9.17) is 0 Å². The number of carbonyl (C=O) groups is 1. The van der Waals surface area contributed by atoms with Crippen LogP contribution in [0.1, 0.15) is 12.5 Å². The Morgan fingerprint density at radius 3 is 2.44 bits per heavy atom. The number of halogens is 3. The first kappa shape index (κ1) is 12.9. The number of sulfone groups is 1. The molecule has 0 spiro atoms. The minimum Gasteiger partial charge on any atom is -0.373 e. The van der Waals surface area contributed by atoms with Crippen molar-refractivity contribution in [2.24, 2.45) is 0 Å². The molecule has 4 nitrogen and oxygen atoms in total. The second kappa shape index (κ2) is 3.71. The maximum atomic E-state index is 12.5. The van der Waals surface area contributed by atoms with Gasteiger partial charge in [-0.25, -0.2) is 8.42 Å². The first-order valence-corrected chi connectivity index (χ1v) is 6.39. The quantitative estimate of drug-likeness (QED) is 0.787. The lowest BCUT2D eigenvalue weighted by Crippen LogP contribution is -2.37. The molecule has 18 heavy (non-hydrogen) atoms. The molecule has 1 aliphatic rings. The van der Waals surface area contributed by atoms with Gasteiger partial charge in [-0.15, -0.1) is 0 Å². The van der Waals surface area contributed by atoms with E-state index >= 15 is 0 Å². The number of hydrogen-bond acceptors (Lipinski definition) is 4.